The predicted molar refractivity (Wildman–Crippen MR) is 90.8 cm³/mol. The third-order valence-corrected chi connectivity index (χ3v) is 4.16. The molecule has 3 aromatic rings. The molecule has 1 heterocycles. The van der Waals surface area contributed by atoms with E-state index in [-0.39, 0.29) is 0 Å². The third kappa shape index (κ3) is 2.39. The summed E-state index contributed by atoms with van der Waals surface area (Å²) in [5, 5.41) is 11.1. The van der Waals surface area contributed by atoms with Crippen molar-refractivity contribution in [1.82, 2.24) is 4.57 Å². The molecule has 0 bridgehead atoms. The van der Waals surface area contributed by atoms with Crippen molar-refractivity contribution in [3.63, 3.8) is 0 Å². The molecule has 116 valence electrons. The number of fused-ring (bicyclic) bond motifs is 1. The van der Waals surface area contributed by atoms with Gasteiger partial charge in [-0.3, -0.25) is 0 Å². The number of nitriles is 1. The molecule has 1 aromatic heterocycles. The third-order valence-electron chi connectivity index (χ3n) is 3.91. The maximum Gasteiger partial charge on any atom is 0.162 e. The van der Waals surface area contributed by atoms with Crippen LogP contribution in [0.25, 0.3) is 16.6 Å². The van der Waals surface area contributed by atoms with Crippen LogP contribution in [0.2, 0.25) is 5.02 Å². The van der Waals surface area contributed by atoms with Gasteiger partial charge in [-0.15, -0.1) is 0 Å². The zero-order valence-corrected chi connectivity index (χ0v) is 13.8. The standard InChI is InChI=1S/C18H15ClN2O2/c1-11-15(10-20)14-8-17(22-2)18(23-3)9-16(14)21(11)13-6-4-12(19)5-7-13/h4-9H,1-3H3. The molecule has 0 radical (unpaired) electrons. The molecule has 5 heteroatoms. The van der Waals surface area contributed by atoms with Crippen molar-refractivity contribution in [2.75, 3.05) is 14.2 Å². The van der Waals surface area contributed by atoms with Gasteiger partial charge in [0.15, 0.2) is 11.5 Å². The first-order valence-corrected chi connectivity index (χ1v) is 7.41. The summed E-state index contributed by atoms with van der Waals surface area (Å²) in [6.45, 7) is 1.92. The Labute approximate surface area is 139 Å². The Morgan fingerprint density at radius 2 is 1.65 bits per heavy atom. The summed E-state index contributed by atoms with van der Waals surface area (Å²) in [7, 11) is 3.18. The zero-order valence-electron chi connectivity index (χ0n) is 13.1. The molecule has 0 amide bonds. The topological polar surface area (TPSA) is 47.2 Å². The molecule has 0 atom stereocenters. The monoisotopic (exact) mass is 326 g/mol. The number of aromatic nitrogens is 1. The quantitative estimate of drug-likeness (QED) is 0.713. The van der Waals surface area contributed by atoms with Gasteiger partial charge in [0.1, 0.15) is 6.07 Å². The maximum absolute atomic E-state index is 9.55. The molecule has 23 heavy (non-hydrogen) atoms. The SMILES string of the molecule is COc1cc2c(C#N)c(C)n(-c3ccc(Cl)cc3)c2cc1OC. The average Bonchev–Trinajstić information content (AvgIpc) is 2.84. The lowest BCUT2D eigenvalue weighted by atomic mass is 10.1. The van der Waals surface area contributed by atoms with Crippen molar-refractivity contribution < 1.29 is 9.47 Å². The van der Waals surface area contributed by atoms with Crippen LogP contribution in [-0.2, 0) is 0 Å². The van der Waals surface area contributed by atoms with E-state index in [1.54, 1.807) is 14.2 Å². The second kappa shape index (κ2) is 5.86. The minimum atomic E-state index is 0.602. The Kier molecular flexibility index (Phi) is 3.89. The summed E-state index contributed by atoms with van der Waals surface area (Å²) in [6, 6.07) is 13.5. The van der Waals surface area contributed by atoms with Crippen molar-refractivity contribution >= 4 is 22.5 Å². The lowest BCUT2D eigenvalue weighted by Gasteiger charge is -2.11. The van der Waals surface area contributed by atoms with Crippen molar-refractivity contribution in [3.8, 4) is 23.3 Å². The summed E-state index contributed by atoms with van der Waals surface area (Å²) < 4.78 is 12.8. The van der Waals surface area contributed by atoms with Gasteiger partial charge in [0.25, 0.3) is 0 Å². The lowest BCUT2D eigenvalue weighted by Crippen LogP contribution is -1.97. The van der Waals surface area contributed by atoms with Crippen LogP contribution in [0.1, 0.15) is 11.3 Å². The summed E-state index contributed by atoms with van der Waals surface area (Å²) in [4.78, 5) is 0. The number of nitrogens with zero attached hydrogens (tertiary/aromatic N) is 2. The highest BCUT2D eigenvalue weighted by molar-refractivity contribution is 6.30. The predicted octanol–water partition coefficient (Wildman–Crippen LogP) is 4.48. The molecule has 0 spiro atoms. The summed E-state index contributed by atoms with van der Waals surface area (Å²) in [6.07, 6.45) is 0. The fourth-order valence-corrected chi connectivity index (χ4v) is 2.93. The number of methoxy groups -OCH3 is 2. The van der Waals surface area contributed by atoms with E-state index in [4.69, 9.17) is 21.1 Å². The van der Waals surface area contributed by atoms with E-state index < -0.39 is 0 Å². The number of rotatable bonds is 3. The van der Waals surface area contributed by atoms with Gasteiger partial charge >= 0.3 is 0 Å². The van der Waals surface area contributed by atoms with Gasteiger partial charge in [0.2, 0.25) is 0 Å². The Bertz CT molecular complexity index is 921. The van der Waals surface area contributed by atoms with Gasteiger partial charge in [-0.05, 0) is 37.3 Å². The minimum Gasteiger partial charge on any atom is -0.493 e. The number of ether oxygens (including phenoxy) is 2. The fraction of sp³-hybridized carbons (Fsp3) is 0.167. The molecule has 0 saturated carbocycles. The fourth-order valence-electron chi connectivity index (χ4n) is 2.80. The Morgan fingerprint density at radius 3 is 2.22 bits per heavy atom. The molecule has 0 N–H and O–H groups in total. The maximum atomic E-state index is 9.55. The minimum absolute atomic E-state index is 0.602. The number of hydrogen-bond acceptors (Lipinski definition) is 3. The molecule has 2 aromatic carbocycles. The van der Waals surface area contributed by atoms with Crippen molar-refractivity contribution in [1.29, 1.82) is 5.26 Å². The smallest absolute Gasteiger partial charge is 0.162 e. The van der Waals surface area contributed by atoms with Crippen LogP contribution < -0.4 is 9.47 Å². The van der Waals surface area contributed by atoms with Crippen molar-refractivity contribution in [2.45, 2.75) is 6.92 Å². The Hall–Kier alpha value is -2.64. The van der Waals surface area contributed by atoms with Gasteiger partial charge < -0.3 is 14.0 Å². The first kappa shape index (κ1) is 15.3. The molecular formula is C18H15ClN2O2. The highest BCUT2D eigenvalue weighted by Crippen LogP contribution is 2.37. The molecule has 4 nitrogen and oxygen atoms in total. The molecular weight excluding hydrogens is 312 g/mol. The van der Waals surface area contributed by atoms with E-state index in [2.05, 4.69) is 6.07 Å². The molecule has 0 aliphatic carbocycles. The van der Waals surface area contributed by atoms with E-state index in [1.807, 2.05) is 47.9 Å². The first-order chi connectivity index (χ1) is 11.1. The molecule has 0 aliphatic heterocycles. The van der Waals surface area contributed by atoms with E-state index in [1.165, 1.54) is 0 Å². The normalized spacial score (nSPS) is 10.6. The highest BCUT2D eigenvalue weighted by Gasteiger charge is 2.18. The lowest BCUT2D eigenvalue weighted by molar-refractivity contribution is 0.356. The first-order valence-electron chi connectivity index (χ1n) is 7.03. The van der Waals surface area contributed by atoms with Gasteiger partial charge in [-0.1, -0.05) is 11.6 Å². The second-order valence-electron chi connectivity index (χ2n) is 5.11. The second-order valence-corrected chi connectivity index (χ2v) is 5.54. The molecule has 0 saturated heterocycles. The largest absolute Gasteiger partial charge is 0.493 e. The molecule has 0 unspecified atom stereocenters. The van der Waals surface area contributed by atoms with Crippen LogP contribution in [0, 0.1) is 18.3 Å². The number of hydrogen-bond donors (Lipinski definition) is 0. The van der Waals surface area contributed by atoms with Crippen LogP contribution in [0.3, 0.4) is 0 Å². The van der Waals surface area contributed by atoms with E-state index in [9.17, 15) is 5.26 Å². The van der Waals surface area contributed by atoms with Gasteiger partial charge in [-0.2, -0.15) is 5.26 Å². The van der Waals surface area contributed by atoms with Crippen molar-refractivity contribution in [2.24, 2.45) is 0 Å². The van der Waals surface area contributed by atoms with Crippen LogP contribution >= 0.6 is 11.6 Å². The van der Waals surface area contributed by atoms with Gasteiger partial charge in [0.05, 0.1) is 25.3 Å². The van der Waals surface area contributed by atoms with E-state index in [0.29, 0.717) is 22.1 Å². The Morgan fingerprint density at radius 1 is 1.04 bits per heavy atom. The Balaban J connectivity index is 2.39. The average molecular weight is 327 g/mol. The highest BCUT2D eigenvalue weighted by atomic mass is 35.5. The van der Waals surface area contributed by atoms with Crippen LogP contribution in [0.5, 0.6) is 11.5 Å². The van der Waals surface area contributed by atoms with Gasteiger partial charge in [-0.25, -0.2) is 0 Å². The van der Waals surface area contributed by atoms with E-state index >= 15 is 0 Å². The summed E-state index contributed by atoms with van der Waals surface area (Å²) >= 11 is 5.98. The summed E-state index contributed by atoms with van der Waals surface area (Å²) in [5.74, 6) is 1.22. The zero-order chi connectivity index (χ0) is 16.6. The molecule has 0 fully saturated rings. The van der Waals surface area contributed by atoms with E-state index in [0.717, 1.165) is 22.3 Å². The van der Waals surface area contributed by atoms with Crippen LogP contribution in [0.15, 0.2) is 36.4 Å². The number of benzene rings is 2. The molecule has 3 rings (SSSR count). The summed E-state index contributed by atoms with van der Waals surface area (Å²) in [5.41, 5.74) is 3.31. The number of halogens is 1. The van der Waals surface area contributed by atoms with Crippen molar-refractivity contribution in [3.05, 3.63) is 52.7 Å². The molecule has 0 aliphatic rings. The van der Waals surface area contributed by atoms with Gasteiger partial charge in [0, 0.05) is 27.9 Å². The van der Waals surface area contributed by atoms with Crippen LogP contribution in [0.4, 0.5) is 0 Å². The van der Waals surface area contributed by atoms with Crippen LogP contribution in [-0.4, -0.2) is 18.8 Å².